The predicted octanol–water partition coefficient (Wildman–Crippen LogP) is 1.29. The van der Waals surface area contributed by atoms with Crippen LogP contribution in [0.1, 0.15) is 0 Å². The summed E-state index contributed by atoms with van der Waals surface area (Å²) in [6, 6.07) is 10.2. The van der Waals surface area contributed by atoms with Crippen molar-refractivity contribution in [1.29, 1.82) is 0 Å². The summed E-state index contributed by atoms with van der Waals surface area (Å²) in [5.74, 6) is 0.259. The first kappa shape index (κ1) is 18.3. The number of halogens is 1. The summed E-state index contributed by atoms with van der Waals surface area (Å²) in [5.41, 5.74) is 1.58. The van der Waals surface area contributed by atoms with Gasteiger partial charge in [0.05, 0.1) is 5.52 Å². The van der Waals surface area contributed by atoms with E-state index in [-0.39, 0.29) is 17.6 Å². The molecule has 1 aliphatic rings. The molecule has 152 valence electrons. The molecule has 4 N–H and O–H groups in total. The molecule has 5 rings (SSSR count). The zero-order chi connectivity index (χ0) is 20.7. The van der Waals surface area contributed by atoms with E-state index in [9.17, 15) is 14.3 Å². The van der Waals surface area contributed by atoms with Crippen LogP contribution in [0.4, 0.5) is 10.3 Å². The molecule has 1 fully saturated rings. The van der Waals surface area contributed by atoms with E-state index in [1.165, 1.54) is 16.6 Å². The molecular formula is C20H18FN7O2. The summed E-state index contributed by atoms with van der Waals surface area (Å²) in [4.78, 5) is 21.5. The lowest BCUT2D eigenvalue weighted by atomic mass is 10.2. The Hall–Kier alpha value is -3.79. The number of nitrogens with zero attached hydrogens (tertiary/aromatic N) is 4. The number of anilines is 1. The van der Waals surface area contributed by atoms with Gasteiger partial charge in [0.25, 0.3) is 0 Å². The molecule has 3 heterocycles. The summed E-state index contributed by atoms with van der Waals surface area (Å²) in [7, 11) is 0. The van der Waals surface area contributed by atoms with E-state index in [2.05, 4.69) is 31.0 Å². The van der Waals surface area contributed by atoms with E-state index in [1.54, 1.807) is 30.3 Å². The second kappa shape index (κ2) is 7.23. The Bertz CT molecular complexity index is 1260. The van der Waals surface area contributed by atoms with Crippen LogP contribution in [0.15, 0.2) is 42.5 Å². The highest BCUT2D eigenvalue weighted by atomic mass is 19.1. The molecule has 1 amide bonds. The zero-order valence-corrected chi connectivity index (χ0v) is 15.8. The number of nitrogens with one attached hydrogen (secondary N) is 3. The monoisotopic (exact) mass is 407 g/mol. The molecular weight excluding hydrogens is 389 g/mol. The number of benzene rings is 2. The number of phenols is 1. The van der Waals surface area contributed by atoms with Crippen LogP contribution >= 0.6 is 0 Å². The average Bonchev–Trinajstić information content (AvgIpc) is 3.08. The topological polar surface area (TPSA) is 116 Å². The number of carbonyl (C=O) groups is 1. The molecule has 1 aliphatic heterocycles. The molecule has 0 saturated carbocycles. The fraction of sp³-hybridized carbons (Fsp3) is 0.200. The molecule has 2 aromatic carbocycles. The Balaban J connectivity index is 1.67. The Morgan fingerprint density at radius 3 is 2.80 bits per heavy atom. The summed E-state index contributed by atoms with van der Waals surface area (Å²) < 4.78 is 15.4. The van der Waals surface area contributed by atoms with Crippen LogP contribution in [-0.4, -0.2) is 56.3 Å². The number of aromatic nitrogens is 4. The molecule has 0 spiro atoms. The SMILES string of the molecule is O=C1NCCNC[C@H]1Nc1nc2cc(F)ccc2c2nc(-c3ccc(O)cc3)nn12. The number of hydrogen-bond acceptors (Lipinski definition) is 7. The van der Waals surface area contributed by atoms with Crippen molar-refractivity contribution in [2.24, 2.45) is 0 Å². The van der Waals surface area contributed by atoms with E-state index in [1.807, 2.05) is 0 Å². The van der Waals surface area contributed by atoms with Crippen LogP contribution in [0.25, 0.3) is 27.9 Å². The highest BCUT2D eigenvalue weighted by Crippen LogP contribution is 2.26. The number of fused-ring (bicyclic) bond motifs is 3. The molecule has 1 saturated heterocycles. The Morgan fingerprint density at radius 1 is 1.13 bits per heavy atom. The molecule has 0 unspecified atom stereocenters. The molecule has 0 aliphatic carbocycles. The van der Waals surface area contributed by atoms with Gasteiger partial charge in [-0.2, -0.15) is 4.52 Å². The lowest BCUT2D eigenvalue weighted by Crippen LogP contribution is -2.42. The van der Waals surface area contributed by atoms with Crippen LogP contribution in [0.5, 0.6) is 5.75 Å². The smallest absolute Gasteiger partial charge is 0.243 e. The van der Waals surface area contributed by atoms with Crippen LogP contribution in [0.3, 0.4) is 0 Å². The van der Waals surface area contributed by atoms with E-state index in [0.717, 1.165) is 0 Å². The van der Waals surface area contributed by atoms with Crippen molar-refractivity contribution in [2.75, 3.05) is 25.0 Å². The lowest BCUT2D eigenvalue weighted by Gasteiger charge is -2.16. The van der Waals surface area contributed by atoms with Crippen LogP contribution < -0.4 is 16.0 Å². The fourth-order valence-electron chi connectivity index (χ4n) is 3.42. The quantitative estimate of drug-likeness (QED) is 0.404. The summed E-state index contributed by atoms with van der Waals surface area (Å²) in [6.45, 7) is 1.62. The highest BCUT2D eigenvalue weighted by molar-refractivity contribution is 5.93. The lowest BCUT2D eigenvalue weighted by molar-refractivity contribution is -0.121. The average molecular weight is 407 g/mol. The molecule has 9 nitrogen and oxygen atoms in total. The van der Waals surface area contributed by atoms with Crippen molar-refractivity contribution < 1.29 is 14.3 Å². The van der Waals surface area contributed by atoms with Crippen LogP contribution in [0, 0.1) is 5.82 Å². The standard InChI is InChI=1S/C20H18FN7O2/c21-12-3-6-14-15(9-12)24-20(25-16-10-22-7-8-23-19(16)30)28-18(14)26-17(27-28)11-1-4-13(29)5-2-11/h1-6,9,16,22,29H,7-8,10H2,(H,23,30)(H,24,25)/t16-/m1/s1. The van der Waals surface area contributed by atoms with E-state index in [0.29, 0.717) is 47.6 Å². The molecule has 1 atom stereocenters. The first-order chi connectivity index (χ1) is 14.6. The number of phenolic OH excluding ortho intramolecular Hbond substituents is 1. The third-order valence-corrected chi connectivity index (χ3v) is 4.93. The van der Waals surface area contributed by atoms with Crippen LogP contribution in [0.2, 0.25) is 0 Å². The predicted molar refractivity (Wildman–Crippen MR) is 109 cm³/mol. The number of rotatable bonds is 3. The molecule has 0 bridgehead atoms. The molecule has 0 radical (unpaired) electrons. The normalized spacial score (nSPS) is 17.1. The third kappa shape index (κ3) is 3.26. The van der Waals surface area contributed by atoms with Crippen molar-refractivity contribution in [1.82, 2.24) is 30.2 Å². The van der Waals surface area contributed by atoms with Gasteiger partial charge >= 0.3 is 0 Å². The minimum atomic E-state index is -0.574. The Labute approximate surface area is 170 Å². The van der Waals surface area contributed by atoms with Crippen molar-refractivity contribution in [3.05, 3.63) is 48.3 Å². The zero-order valence-electron chi connectivity index (χ0n) is 15.8. The van der Waals surface area contributed by atoms with E-state index < -0.39 is 11.9 Å². The summed E-state index contributed by atoms with van der Waals surface area (Å²) in [6.07, 6.45) is 0. The Morgan fingerprint density at radius 2 is 1.97 bits per heavy atom. The first-order valence-electron chi connectivity index (χ1n) is 9.49. The largest absolute Gasteiger partial charge is 0.508 e. The minimum absolute atomic E-state index is 0.138. The van der Waals surface area contributed by atoms with Gasteiger partial charge in [0.1, 0.15) is 17.6 Å². The second-order valence-corrected chi connectivity index (χ2v) is 7.01. The number of carbonyl (C=O) groups excluding carboxylic acids is 1. The van der Waals surface area contributed by atoms with Gasteiger partial charge in [0.2, 0.25) is 11.9 Å². The number of amides is 1. The molecule has 30 heavy (non-hydrogen) atoms. The van der Waals surface area contributed by atoms with Gasteiger partial charge in [-0.05, 0) is 36.4 Å². The van der Waals surface area contributed by atoms with Gasteiger partial charge in [-0.15, -0.1) is 5.10 Å². The molecule has 2 aromatic heterocycles. The second-order valence-electron chi connectivity index (χ2n) is 7.01. The third-order valence-electron chi connectivity index (χ3n) is 4.93. The maximum Gasteiger partial charge on any atom is 0.243 e. The number of hydrogen-bond donors (Lipinski definition) is 4. The molecule has 10 heteroatoms. The van der Waals surface area contributed by atoms with Crippen molar-refractivity contribution >= 4 is 28.4 Å². The maximum absolute atomic E-state index is 13.8. The van der Waals surface area contributed by atoms with Crippen LogP contribution in [-0.2, 0) is 4.79 Å². The number of aromatic hydroxyl groups is 1. The summed E-state index contributed by atoms with van der Waals surface area (Å²) in [5, 5.41) is 23.8. The summed E-state index contributed by atoms with van der Waals surface area (Å²) >= 11 is 0. The highest BCUT2D eigenvalue weighted by Gasteiger charge is 2.23. The van der Waals surface area contributed by atoms with Gasteiger partial charge in [-0.1, -0.05) is 0 Å². The maximum atomic E-state index is 13.8. The van der Waals surface area contributed by atoms with Gasteiger partial charge < -0.3 is 21.1 Å². The van der Waals surface area contributed by atoms with Gasteiger partial charge in [-0.25, -0.2) is 14.4 Å². The van der Waals surface area contributed by atoms with Crippen molar-refractivity contribution in [2.45, 2.75) is 6.04 Å². The van der Waals surface area contributed by atoms with E-state index in [4.69, 9.17) is 0 Å². The van der Waals surface area contributed by atoms with Gasteiger partial charge in [-0.3, -0.25) is 4.79 Å². The Kier molecular flexibility index (Phi) is 4.40. The first-order valence-corrected chi connectivity index (χ1v) is 9.49. The molecule has 4 aromatic rings. The van der Waals surface area contributed by atoms with Gasteiger partial charge in [0, 0.05) is 36.7 Å². The fourth-order valence-corrected chi connectivity index (χ4v) is 3.42. The minimum Gasteiger partial charge on any atom is -0.508 e. The van der Waals surface area contributed by atoms with Crippen molar-refractivity contribution in [3.63, 3.8) is 0 Å². The van der Waals surface area contributed by atoms with Gasteiger partial charge in [0.15, 0.2) is 11.5 Å². The van der Waals surface area contributed by atoms with Crippen molar-refractivity contribution in [3.8, 4) is 17.1 Å². The van der Waals surface area contributed by atoms with E-state index >= 15 is 0 Å².